The molecular weight excluding hydrogens is 458 g/mol. The standard InChI is InChI=1S/C37H41N/c1-38(36-22-18-30(19-23-36)34-16-8-14-32(26-34)28-10-4-2-5-11-28)37-24-20-31(21-25-37)35-17-9-15-33(27-35)29-12-6-3-7-13-29/h2-8,10-14,16,18-19,22-23,26,31,33,35,37H,9,15,17,20-21,24-25,27H2,1H3. The summed E-state index contributed by atoms with van der Waals surface area (Å²) in [6.45, 7) is 0. The van der Waals surface area contributed by atoms with Gasteiger partial charge in [-0.25, -0.2) is 0 Å². The topological polar surface area (TPSA) is 3.24 Å². The summed E-state index contributed by atoms with van der Waals surface area (Å²) in [4.78, 5) is 2.55. The van der Waals surface area contributed by atoms with E-state index in [1.165, 1.54) is 79.3 Å². The Morgan fingerprint density at radius 3 is 1.82 bits per heavy atom. The lowest BCUT2D eigenvalue weighted by Gasteiger charge is -2.41. The van der Waals surface area contributed by atoms with E-state index in [0.29, 0.717) is 6.04 Å². The molecule has 1 nitrogen and oxygen atoms in total. The van der Waals surface area contributed by atoms with Crippen molar-refractivity contribution in [2.24, 2.45) is 11.8 Å². The molecule has 2 saturated carbocycles. The Balaban J connectivity index is 1.06. The van der Waals surface area contributed by atoms with Gasteiger partial charge in [0.2, 0.25) is 0 Å². The van der Waals surface area contributed by atoms with Gasteiger partial charge in [-0.2, -0.15) is 0 Å². The zero-order chi connectivity index (χ0) is 25.7. The minimum absolute atomic E-state index is 0.659. The van der Waals surface area contributed by atoms with Gasteiger partial charge < -0.3 is 4.90 Å². The molecule has 2 aliphatic rings. The van der Waals surface area contributed by atoms with E-state index in [0.717, 1.165) is 17.8 Å². The molecule has 0 heterocycles. The molecule has 0 amide bonds. The minimum Gasteiger partial charge on any atom is -0.372 e. The Labute approximate surface area is 229 Å². The second kappa shape index (κ2) is 11.6. The van der Waals surface area contributed by atoms with Crippen molar-refractivity contribution in [3.8, 4) is 22.3 Å². The number of anilines is 1. The summed E-state index contributed by atoms with van der Waals surface area (Å²) in [5.74, 6) is 2.62. The van der Waals surface area contributed by atoms with Crippen molar-refractivity contribution in [1.29, 1.82) is 0 Å². The highest BCUT2D eigenvalue weighted by Crippen LogP contribution is 2.44. The lowest BCUT2D eigenvalue weighted by Crippen LogP contribution is -2.37. The van der Waals surface area contributed by atoms with Crippen LogP contribution in [0.2, 0.25) is 0 Å². The van der Waals surface area contributed by atoms with Crippen LogP contribution in [0.3, 0.4) is 0 Å². The van der Waals surface area contributed by atoms with Crippen LogP contribution in [0.25, 0.3) is 22.3 Å². The Bertz CT molecular complexity index is 1290. The first-order chi connectivity index (χ1) is 18.7. The minimum atomic E-state index is 0.659. The first-order valence-corrected chi connectivity index (χ1v) is 14.8. The third-order valence-electron chi connectivity index (χ3n) is 9.52. The number of nitrogens with zero attached hydrogens (tertiary/aromatic N) is 1. The summed E-state index contributed by atoms with van der Waals surface area (Å²) in [5.41, 5.74) is 8.02. The molecule has 0 N–H and O–H groups in total. The predicted molar refractivity (Wildman–Crippen MR) is 163 cm³/mol. The van der Waals surface area contributed by atoms with Crippen molar-refractivity contribution in [2.45, 2.75) is 63.3 Å². The van der Waals surface area contributed by atoms with Gasteiger partial charge in [0.25, 0.3) is 0 Å². The average molecular weight is 500 g/mol. The molecule has 4 aromatic rings. The molecule has 0 spiro atoms. The number of hydrogen-bond acceptors (Lipinski definition) is 1. The lowest BCUT2D eigenvalue weighted by atomic mass is 9.68. The maximum Gasteiger partial charge on any atom is 0.0366 e. The molecule has 194 valence electrons. The highest BCUT2D eigenvalue weighted by atomic mass is 15.1. The fourth-order valence-electron chi connectivity index (χ4n) is 7.25. The van der Waals surface area contributed by atoms with Gasteiger partial charge in [0.1, 0.15) is 0 Å². The molecule has 2 atom stereocenters. The van der Waals surface area contributed by atoms with Crippen LogP contribution in [0.1, 0.15) is 62.8 Å². The van der Waals surface area contributed by atoms with E-state index < -0.39 is 0 Å². The second-order valence-corrected chi connectivity index (χ2v) is 11.7. The SMILES string of the molecule is CN(c1ccc(-c2cccc(-c3ccccc3)c2)cc1)C1CCC(C2CCCC(c3ccccc3)C2)CC1. The van der Waals surface area contributed by atoms with Crippen molar-refractivity contribution in [2.75, 3.05) is 11.9 Å². The van der Waals surface area contributed by atoms with Crippen LogP contribution in [0.15, 0.2) is 109 Å². The highest BCUT2D eigenvalue weighted by molar-refractivity contribution is 5.74. The van der Waals surface area contributed by atoms with Crippen molar-refractivity contribution < 1.29 is 0 Å². The van der Waals surface area contributed by atoms with Gasteiger partial charge in [-0.1, -0.05) is 104 Å². The molecule has 4 aromatic carbocycles. The van der Waals surface area contributed by atoms with Gasteiger partial charge >= 0.3 is 0 Å². The highest BCUT2D eigenvalue weighted by Gasteiger charge is 2.33. The Kier molecular flexibility index (Phi) is 7.63. The molecule has 0 saturated heterocycles. The van der Waals surface area contributed by atoms with Gasteiger partial charge in [0, 0.05) is 18.8 Å². The van der Waals surface area contributed by atoms with Crippen LogP contribution in [-0.4, -0.2) is 13.1 Å². The first kappa shape index (κ1) is 25.0. The van der Waals surface area contributed by atoms with E-state index in [1.54, 1.807) is 5.56 Å². The van der Waals surface area contributed by atoms with E-state index in [4.69, 9.17) is 0 Å². The monoisotopic (exact) mass is 499 g/mol. The second-order valence-electron chi connectivity index (χ2n) is 11.7. The van der Waals surface area contributed by atoms with Crippen LogP contribution >= 0.6 is 0 Å². The number of hydrogen-bond donors (Lipinski definition) is 0. The van der Waals surface area contributed by atoms with Crippen molar-refractivity contribution in [1.82, 2.24) is 0 Å². The third kappa shape index (κ3) is 5.58. The maximum absolute atomic E-state index is 2.55. The average Bonchev–Trinajstić information content (AvgIpc) is 3.02. The molecule has 38 heavy (non-hydrogen) atoms. The van der Waals surface area contributed by atoms with Gasteiger partial charge in [0.15, 0.2) is 0 Å². The predicted octanol–water partition coefficient (Wildman–Crippen LogP) is 9.99. The lowest BCUT2D eigenvalue weighted by molar-refractivity contribution is 0.173. The molecule has 2 aliphatic carbocycles. The van der Waals surface area contributed by atoms with Crippen molar-refractivity contribution in [3.05, 3.63) is 115 Å². The molecule has 2 fully saturated rings. The fraction of sp³-hybridized carbons (Fsp3) is 0.351. The molecule has 2 unspecified atom stereocenters. The van der Waals surface area contributed by atoms with E-state index in [-0.39, 0.29) is 0 Å². The van der Waals surface area contributed by atoms with Gasteiger partial charge in [-0.3, -0.25) is 0 Å². The molecule has 0 bridgehead atoms. The Hall–Kier alpha value is -3.32. The summed E-state index contributed by atoms with van der Waals surface area (Å²) in [5, 5.41) is 0. The maximum atomic E-state index is 2.55. The van der Waals surface area contributed by atoms with Gasteiger partial charge in [0.05, 0.1) is 0 Å². The quantitative estimate of drug-likeness (QED) is 0.255. The molecule has 1 heteroatoms. The van der Waals surface area contributed by atoms with Crippen LogP contribution in [0.4, 0.5) is 5.69 Å². The Morgan fingerprint density at radius 2 is 1.13 bits per heavy atom. The third-order valence-corrected chi connectivity index (χ3v) is 9.52. The molecule has 0 aliphatic heterocycles. The fourth-order valence-corrected chi connectivity index (χ4v) is 7.25. The zero-order valence-corrected chi connectivity index (χ0v) is 22.8. The molecular formula is C37H41N. The van der Waals surface area contributed by atoms with Crippen molar-refractivity contribution in [3.63, 3.8) is 0 Å². The summed E-state index contributed by atoms with van der Waals surface area (Å²) >= 11 is 0. The van der Waals surface area contributed by atoms with E-state index >= 15 is 0 Å². The smallest absolute Gasteiger partial charge is 0.0366 e. The number of benzene rings is 4. The summed E-state index contributed by atoms with van der Waals surface area (Å²) in [7, 11) is 2.31. The normalized spacial score (nSPS) is 23.6. The molecule has 6 rings (SSSR count). The van der Waals surface area contributed by atoms with Crippen LogP contribution < -0.4 is 4.90 Å². The van der Waals surface area contributed by atoms with E-state index in [1.807, 2.05) is 0 Å². The van der Waals surface area contributed by atoms with Crippen molar-refractivity contribution >= 4 is 5.69 Å². The van der Waals surface area contributed by atoms with Gasteiger partial charge in [-0.05, 0) is 102 Å². The largest absolute Gasteiger partial charge is 0.372 e. The molecule has 0 radical (unpaired) electrons. The summed E-state index contributed by atoms with van der Waals surface area (Å²) in [6.07, 6.45) is 11.1. The van der Waals surface area contributed by atoms with Crippen LogP contribution in [-0.2, 0) is 0 Å². The summed E-state index contributed by atoms with van der Waals surface area (Å²) in [6, 6.07) is 40.7. The van der Waals surface area contributed by atoms with Crippen LogP contribution in [0, 0.1) is 11.8 Å². The molecule has 0 aromatic heterocycles. The zero-order valence-electron chi connectivity index (χ0n) is 22.8. The van der Waals surface area contributed by atoms with Crippen LogP contribution in [0.5, 0.6) is 0 Å². The first-order valence-electron chi connectivity index (χ1n) is 14.8. The number of rotatable bonds is 6. The Morgan fingerprint density at radius 1 is 0.526 bits per heavy atom. The van der Waals surface area contributed by atoms with E-state index in [2.05, 4.69) is 121 Å². The van der Waals surface area contributed by atoms with Gasteiger partial charge in [-0.15, -0.1) is 0 Å². The summed E-state index contributed by atoms with van der Waals surface area (Å²) < 4.78 is 0. The van der Waals surface area contributed by atoms with E-state index in [9.17, 15) is 0 Å².